The lowest BCUT2D eigenvalue weighted by Gasteiger charge is -2.13. The molecular formula is C2HBF5NO. The molecule has 58 valence electrons. The van der Waals surface area contributed by atoms with E-state index in [2.05, 4.69) is 4.76 Å². The molecule has 10 heavy (non-hydrogen) atoms. The molecule has 0 atom stereocenters. The second-order valence-electron chi connectivity index (χ2n) is 1.73. The third kappa shape index (κ3) is 0.789. The van der Waals surface area contributed by atoms with E-state index in [4.69, 9.17) is 0 Å². The largest absolute Gasteiger partial charge is 0.598 e. The number of hydrogen-bond donors (Lipinski definition) is 1. The van der Waals surface area contributed by atoms with E-state index >= 15 is 0 Å². The summed E-state index contributed by atoms with van der Waals surface area (Å²) in [5.41, 5.74) is 0.578. The molecule has 1 rings (SSSR count). The SMILES string of the molecule is FB1ONC(F)(F)C1(F)F. The van der Waals surface area contributed by atoms with E-state index in [1.165, 1.54) is 0 Å². The highest BCUT2D eigenvalue weighted by Crippen LogP contribution is 2.38. The van der Waals surface area contributed by atoms with Gasteiger partial charge >= 0.3 is 19.1 Å². The Hall–Kier alpha value is -0.365. The summed E-state index contributed by atoms with van der Waals surface area (Å²) in [6.07, 6.45) is 0. The van der Waals surface area contributed by atoms with E-state index in [1.54, 1.807) is 0 Å². The number of rotatable bonds is 0. The Morgan fingerprint density at radius 3 is 1.80 bits per heavy atom. The Morgan fingerprint density at radius 2 is 1.70 bits per heavy atom. The molecule has 2 nitrogen and oxygen atoms in total. The van der Waals surface area contributed by atoms with Crippen molar-refractivity contribution in [2.75, 3.05) is 0 Å². The van der Waals surface area contributed by atoms with Crippen molar-refractivity contribution in [3.8, 4) is 0 Å². The smallest absolute Gasteiger partial charge is 0.313 e. The maximum atomic E-state index is 11.8. The summed E-state index contributed by atoms with van der Waals surface area (Å²) in [5.74, 6) is -4.78. The van der Waals surface area contributed by atoms with Crippen LogP contribution in [-0.4, -0.2) is 19.1 Å². The van der Waals surface area contributed by atoms with Gasteiger partial charge in [-0.3, -0.25) is 4.32 Å². The number of alkyl halides is 4. The summed E-state index contributed by atoms with van der Waals surface area (Å²) in [6.45, 7) is 0. The van der Waals surface area contributed by atoms with Gasteiger partial charge in [-0.05, 0) is 0 Å². The van der Waals surface area contributed by atoms with Gasteiger partial charge in [-0.25, -0.2) is 8.78 Å². The molecule has 0 aromatic heterocycles. The van der Waals surface area contributed by atoms with Crippen LogP contribution < -0.4 is 5.48 Å². The lowest BCUT2D eigenvalue weighted by atomic mass is 9.84. The van der Waals surface area contributed by atoms with Crippen molar-refractivity contribution in [1.29, 1.82) is 0 Å². The van der Waals surface area contributed by atoms with Gasteiger partial charge in [0.2, 0.25) is 0 Å². The molecule has 0 aliphatic carbocycles. The molecule has 0 saturated carbocycles. The minimum absolute atomic E-state index is 0.578. The zero-order chi connectivity index (χ0) is 7.99. The fraction of sp³-hybridized carbons (Fsp3) is 1.00. The molecule has 0 radical (unpaired) electrons. The Morgan fingerprint density at radius 1 is 1.20 bits per heavy atom. The van der Waals surface area contributed by atoms with Crippen molar-refractivity contribution in [3.05, 3.63) is 0 Å². The molecule has 8 heteroatoms. The van der Waals surface area contributed by atoms with Crippen LogP contribution in [0, 0.1) is 0 Å². The number of hydroxylamine groups is 1. The fourth-order valence-electron chi connectivity index (χ4n) is 0.410. The van der Waals surface area contributed by atoms with Gasteiger partial charge in [-0.1, -0.05) is 0 Å². The minimum Gasteiger partial charge on any atom is -0.313 e. The third-order valence-electron chi connectivity index (χ3n) is 0.994. The van der Waals surface area contributed by atoms with E-state index < -0.39 is 19.1 Å². The first kappa shape index (κ1) is 7.74. The first-order valence-electron chi connectivity index (χ1n) is 2.20. The summed E-state index contributed by atoms with van der Waals surface area (Å²) in [5, 5.41) is 0. The van der Waals surface area contributed by atoms with E-state index in [1.807, 2.05) is 0 Å². The lowest BCUT2D eigenvalue weighted by Crippen LogP contribution is -2.47. The minimum atomic E-state index is -4.78. The molecule has 1 aliphatic rings. The predicted molar refractivity (Wildman–Crippen MR) is 21.0 cm³/mol. The van der Waals surface area contributed by atoms with Crippen molar-refractivity contribution < 1.29 is 26.6 Å². The second kappa shape index (κ2) is 1.82. The van der Waals surface area contributed by atoms with Crippen LogP contribution in [0.3, 0.4) is 0 Å². The van der Waals surface area contributed by atoms with Crippen LogP contribution in [0.5, 0.6) is 0 Å². The van der Waals surface area contributed by atoms with Crippen LogP contribution in [0.4, 0.5) is 21.9 Å². The van der Waals surface area contributed by atoms with Crippen molar-refractivity contribution in [3.63, 3.8) is 0 Å². The predicted octanol–water partition coefficient (Wildman–Crippen LogP) is 0.746. The first-order chi connectivity index (χ1) is 4.38. The van der Waals surface area contributed by atoms with Crippen LogP contribution in [0.2, 0.25) is 0 Å². The molecular weight excluding hydrogens is 160 g/mol. The Labute approximate surface area is 52.5 Å². The van der Waals surface area contributed by atoms with Crippen LogP contribution in [0.1, 0.15) is 0 Å². The lowest BCUT2D eigenvalue weighted by molar-refractivity contribution is -0.187. The van der Waals surface area contributed by atoms with Crippen LogP contribution in [0.15, 0.2) is 0 Å². The van der Waals surface area contributed by atoms with Crippen LogP contribution >= 0.6 is 0 Å². The van der Waals surface area contributed by atoms with E-state index in [0.29, 0.717) is 5.48 Å². The summed E-state index contributed by atoms with van der Waals surface area (Å²) >= 11 is 0. The molecule has 1 saturated heterocycles. The van der Waals surface area contributed by atoms with Crippen molar-refractivity contribution in [2.24, 2.45) is 0 Å². The Kier molecular flexibility index (Phi) is 1.41. The quantitative estimate of drug-likeness (QED) is 0.321. The summed E-state index contributed by atoms with van der Waals surface area (Å²) < 4.78 is 61.9. The topological polar surface area (TPSA) is 21.3 Å². The number of hydrogen-bond acceptors (Lipinski definition) is 2. The van der Waals surface area contributed by atoms with E-state index in [0.717, 1.165) is 0 Å². The van der Waals surface area contributed by atoms with Crippen molar-refractivity contribution >= 4 is 7.19 Å². The highest BCUT2D eigenvalue weighted by molar-refractivity contribution is 6.47. The molecule has 0 aromatic rings. The van der Waals surface area contributed by atoms with Gasteiger partial charge in [0, 0.05) is 0 Å². The van der Waals surface area contributed by atoms with E-state index in [9.17, 15) is 21.9 Å². The van der Waals surface area contributed by atoms with Crippen LogP contribution in [0.25, 0.3) is 0 Å². The van der Waals surface area contributed by atoms with Gasteiger partial charge in [0.25, 0.3) is 0 Å². The molecule has 1 heterocycles. The Balaban J connectivity index is 2.84. The second-order valence-corrected chi connectivity index (χ2v) is 1.73. The summed E-state index contributed by atoms with van der Waals surface area (Å²) in [6, 6.07) is -4.62. The maximum absolute atomic E-state index is 11.8. The average Bonchev–Trinajstić information content (AvgIpc) is 1.94. The molecule has 0 spiro atoms. The average molecular weight is 161 g/mol. The zero-order valence-electron chi connectivity index (χ0n) is 4.38. The Bertz CT molecular complexity index is 151. The highest BCUT2D eigenvalue weighted by atomic mass is 19.3. The van der Waals surface area contributed by atoms with E-state index in [-0.39, 0.29) is 0 Å². The molecule has 0 amide bonds. The third-order valence-corrected chi connectivity index (χ3v) is 0.994. The maximum Gasteiger partial charge on any atom is 0.598 e. The molecule has 1 fully saturated rings. The van der Waals surface area contributed by atoms with Crippen LogP contribution in [-0.2, 0) is 4.76 Å². The zero-order valence-corrected chi connectivity index (χ0v) is 4.38. The van der Waals surface area contributed by atoms with Crippen molar-refractivity contribution in [1.82, 2.24) is 5.48 Å². The standard InChI is InChI=1S/C2HBF5NO/c4-1(5)2(6,7)9-10-3(1)8/h9H. The van der Waals surface area contributed by atoms with Gasteiger partial charge in [-0.2, -0.15) is 8.78 Å². The molecule has 0 aromatic carbocycles. The molecule has 0 bridgehead atoms. The molecule has 1 aliphatic heterocycles. The number of halogens is 5. The highest BCUT2D eigenvalue weighted by Gasteiger charge is 2.72. The van der Waals surface area contributed by atoms with Gasteiger partial charge in [0.05, 0.1) is 0 Å². The fourth-order valence-corrected chi connectivity index (χ4v) is 0.410. The first-order valence-corrected chi connectivity index (χ1v) is 2.20. The van der Waals surface area contributed by atoms with Gasteiger partial charge in [-0.15, -0.1) is 5.48 Å². The monoisotopic (exact) mass is 161 g/mol. The van der Waals surface area contributed by atoms with Gasteiger partial charge < -0.3 is 4.76 Å². The molecule has 1 N–H and O–H groups in total. The van der Waals surface area contributed by atoms with Gasteiger partial charge in [0.15, 0.2) is 0 Å². The summed E-state index contributed by atoms with van der Waals surface area (Å²) in [7, 11) is -3.29. The summed E-state index contributed by atoms with van der Waals surface area (Å²) in [4.78, 5) is 0. The van der Waals surface area contributed by atoms with Gasteiger partial charge in [0.1, 0.15) is 0 Å². The molecule has 0 unspecified atom stereocenters. The number of nitrogens with one attached hydrogen (secondary N) is 1. The normalized spacial score (nSPS) is 29.1. The van der Waals surface area contributed by atoms with Crippen molar-refractivity contribution in [2.45, 2.75) is 11.9 Å².